The van der Waals surface area contributed by atoms with Crippen LogP contribution in [0.1, 0.15) is 21.6 Å². The highest BCUT2D eigenvalue weighted by molar-refractivity contribution is 5.94. The Hall–Kier alpha value is -4.40. The maximum Gasteiger partial charge on any atom is 0.254 e. The molecule has 3 aromatic carbocycles. The van der Waals surface area contributed by atoms with Gasteiger partial charge in [0.15, 0.2) is 17.3 Å². The van der Waals surface area contributed by atoms with Crippen LogP contribution in [0.2, 0.25) is 0 Å². The largest absolute Gasteiger partial charge is 0.493 e. The monoisotopic (exact) mass is 494 g/mol. The number of hydrogen-bond acceptors (Lipinski definition) is 6. The molecule has 0 aliphatic rings. The topological polar surface area (TPSA) is 74.0 Å². The lowest BCUT2D eigenvalue weighted by Crippen LogP contribution is -2.30. The van der Waals surface area contributed by atoms with Crippen LogP contribution in [-0.2, 0) is 13.1 Å². The van der Waals surface area contributed by atoms with Gasteiger partial charge in [0.25, 0.3) is 5.91 Å². The number of nitrogens with zero attached hydrogens (tertiary/aromatic N) is 2. The summed E-state index contributed by atoms with van der Waals surface area (Å²) in [6.45, 7) is 0.282. The van der Waals surface area contributed by atoms with Gasteiger partial charge in [-0.3, -0.25) is 4.79 Å². The van der Waals surface area contributed by atoms with E-state index in [4.69, 9.17) is 18.7 Å². The van der Waals surface area contributed by atoms with E-state index in [-0.39, 0.29) is 24.8 Å². The van der Waals surface area contributed by atoms with Crippen LogP contribution in [0.5, 0.6) is 17.2 Å². The van der Waals surface area contributed by atoms with E-state index < -0.39 is 5.82 Å². The minimum atomic E-state index is -0.442. The fourth-order valence-electron chi connectivity index (χ4n) is 3.73. The summed E-state index contributed by atoms with van der Waals surface area (Å²) in [5, 5.41) is 4.13. The molecule has 0 unspecified atom stereocenters. The standard InChI is InChI=1S/C27H24F2N2O5/c1-33-24-12-19(13-25(34-2)26(24)35-3)23-14-22(30-36-23)16-31(15-17-4-8-20(28)9-5-17)27(32)18-6-10-21(29)11-7-18/h4-14H,15-16H2,1-3H3. The zero-order valence-electron chi connectivity index (χ0n) is 20.0. The first kappa shape index (κ1) is 24.7. The van der Waals surface area contributed by atoms with Crippen LogP contribution in [0.25, 0.3) is 11.3 Å². The van der Waals surface area contributed by atoms with Gasteiger partial charge in [-0.1, -0.05) is 17.3 Å². The second kappa shape index (κ2) is 10.9. The van der Waals surface area contributed by atoms with Gasteiger partial charge in [-0.2, -0.15) is 0 Å². The summed E-state index contributed by atoms with van der Waals surface area (Å²) in [6.07, 6.45) is 0. The molecular formula is C27H24F2N2O5. The first-order valence-corrected chi connectivity index (χ1v) is 11.0. The molecule has 0 fully saturated rings. The van der Waals surface area contributed by atoms with E-state index in [1.165, 1.54) is 62.6 Å². The fourth-order valence-corrected chi connectivity index (χ4v) is 3.73. The molecular weight excluding hydrogens is 470 g/mol. The average molecular weight is 494 g/mol. The maximum atomic E-state index is 13.4. The summed E-state index contributed by atoms with van der Waals surface area (Å²) in [5.41, 5.74) is 2.15. The van der Waals surface area contributed by atoms with Gasteiger partial charge in [0.2, 0.25) is 5.75 Å². The number of carbonyl (C=O) groups excluding carboxylic acids is 1. The number of ether oxygens (including phenoxy) is 3. The van der Waals surface area contributed by atoms with Gasteiger partial charge in [-0.25, -0.2) is 8.78 Å². The Labute approximate surface area is 206 Å². The predicted octanol–water partition coefficient (Wildman–Crippen LogP) is 5.49. The Bertz CT molecular complexity index is 1310. The van der Waals surface area contributed by atoms with E-state index >= 15 is 0 Å². The Balaban J connectivity index is 1.63. The summed E-state index contributed by atoms with van der Waals surface area (Å²) >= 11 is 0. The van der Waals surface area contributed by atoms with Gasteiger partial charge in [0, 0.05) is 23.7 Å². The van der Waals surface area contributed by atoms with E-state index in [1.54, 1.807) is 30.3 Å². The normalized spacial score (nSPS) is 10.7. The van der Waals surface area contributed by atoms with Crippen LogP contribution in [0.3, 0.4) is 0 Å². The summed E-state index contributed by atoms with van der Waals surface area (Å²) in [6, 6.07) is 16.3. The molecule has 7 nitrogen and oxygen atoms in total. The highest BCUT2D eigenvalue weighted by Crippen LogP contribution is 2.41. The molecule has 0 aliphatic heterocycles. The molecule has 36 heavy (non-hydrogen) atoms. The number of aromatic nitrogens is 1. The second-order valence-corrected chi connectivity index (χ2v) is 7.89. The molecule has 4 aromatic rings. The van der Waals surface area contributed by atoms with Crippen LogP contribution < -0.4 is 14.2 Å². The van der Waals surface area contributed by atoms with Crippen molar-refractivity contribution in [3.63, 3.8) is 0 Å². The van der Waals surface area contributed by atoms with Crippen LogP contribution >= 0.6 is 0 Å². The van der Waals surface area contributed by atoms with Gasteiger partial charge in [0.1, 0.15) is 17.3 Å². The number of halogens is 2. The molecule has 0 spiro atoms. The third-order valence-electron chi connectivity index (χ3n) is 5.53. The van der Waals surface area contributed by atoms with E-state index in [2.05, 4.69) is 5.16 Å². The summed E-state index contributed by atoms with van der Waals surface area (Å²) < 4.78 is 48.5. The van der Waals surface area contributed by atoms with Gasteiger partial charge in [-0.05, 0) is 54.1 Å². The minimum absolute atomic E-state index is 0.0987. The molecule has 0 radical (unpaired) electrons. The summed E-state index contributed by atoms with van der Waals surface area (Å²) in [4.78, 5) is 14.8. The number of methoxy groups -OCH3 is 3. The Morgan fingerprint density at radius 3 is 1.97 bits per heavy atom. The quantitative estimate of drug-likeness (QED) is 0.306. The minimum Gasteiger partial charge on any atom is -0.493 e. The van der Waals surface area contributed by atoms with E-state index in [9.17, 15) is 13.6 Å². The van der Waals surface area contributed by atoms with Crippen molar-refractivity contribution >= 4 is 5.91 Å². The SMILES string of the molecule is COc1cc(-c2cc(CN(Cc3ccc(F)cc3)C(=O)c3ccc(F)cc3)no2)cc(OC)c1OC. The molecule has 1 amide bonds. The summed E-state index contributed by atoms with van der Waals surface area (Å²) in [5.74, 6) is 0.629. The van der Waals surface area contributed by atoms with Gasteiger partial charge >= 0.3 is 0 Å². The lowest BCUT2D eigenvalue weighted by atomic mass is 10.1. The van der Waals surface area contributed by atoms with Crippen molar-refractivity contribution in [2.24, 2.45) is 0 Å². The van der Waals surface area contributed by atoms with Crippen molar-refractivity contribution in [3.05, 3.63) is 95.2 Å². The maximum absolute atomic E-state index is 13.4. The third kappa shape index (κ3) is 5.46. The number of carbonyl (C=O) groups is 1. The van der Waals surface area contributed by atoms with Crippen LogP contribution in [0.15, 0.2) is 71.3 Å². The lowest BCUT2D eigenvalue weighted by Gasteiger charge is -2.22. The molecule has 1 aromatic heterocycles. The Morgan fingerprint density at radius 1 is 0.833 bits per heavy atom. The first-order valence-electron chi connectivity index (χ1n) is 11.0. The number of amides is 1. The fraction of sp³-hybridized carbons (Fsp3) is 0.185. The molecule has 0 atom stereocenters. The molecule has 0 N–H and O–H groups in total. The van der Waals surface area contributed by atoms with Gasteiger partial charge in [0.05, 0.1) is 27.9 Å². The van der Waals surface area contributed by atoms with Crippen molar-refractivity contribution < 1.29 is 32.3 Å². The van der Waals surface area contributed by atoms with Crippen LogP contribution in [0.4, 0.5) is 8.78 Å². The highest BCUT2D eigenvalue weighted by atomic mass is 19.1. The second-order valence-electron chi connectivity index (χ2n) is 7.89. The molecule has 0 aliphatic carbocycles. The third-order valence-corrected chi connectivity index (χ3v) is 5.53. The number of hydrogen-bond donors (Lipinski definition) is 0. The van der Waals surface area contributed by atoms with Crippen molar-refractivity contribution in [1.82, 2.24) is 10.1 Å². The summed E-state index contributed by atoms with van der Waals surface area (Å²) in [7, 11) is 4.54. The molecule has 0 saturated heterocycles. The first-order chi connectivity index (χ1) is 17.4. The zero-order chi connectivity index (χ0) is 25.7. The zero-order valence-corrected chi connectivity index (χ0v) is 20.0. The van der Waals surface area contributed by atoms with Crippen LogP contribution in [0, 0.1) is 11.6 Å². The van der Waals surface area contributed by atoms with E-state index in [1.807, 2.05) is 0 Å². The number of rotatable bonds is 9. The molecule has 0 saturated carbocycles. The van der Waals surface area contributed by atoms with Crippen molar-refractivity contribution in [1.29, 1.82) is 0 Å². The molecule has 4 rings (SSSR count). The average Bonchev–Trinajstić information content (AvgIpc) is 3.37. The van der Waals surface area contributed by atoms with Crippen molar-refractivity contribution in [3.8, 4) is 28.6 Å². The Kier molecular flexibility index (Phi) is 7.48. The highest BCUT2D eigenvalue weighted by Gasteiger charge is 2.21. The van der Waals surface area contributed by atoms with Crippen LogP contribution in [-0.4, -0.2) is 37.3 Å². The molecule has 0 bridgehead atoms. The van der Waals surface area contributed by atoms with Crippen molar-refractivity contribution in [2.45, 2.75) is 13.1 Å². The Morgan fingerprint density at radius 2 is 1.42 bits per heavy atom. The smallest absolute Gasteiger partial charge is 0.254 e. The molecule has 1 heterocycles. The lowest BCUT2D eigenvalue weighted by molar-refractivity contribution is 0.0726. The predicted molar refractivity (Wildman–Crippen MR) is 128 cm³/mol. The van der Waals surface area contributed by atoms with Crippen molar-refractivity contribution in [2.75, 3.05) is 21.3 Å². The van der Waals surface area contributed by atoms with E-state index in [0.717, 1.165) is 5.56 Å². The van der Waals surface area contributed by atoms with E-state index in [0.29, 0.717) is 39.8 Å². The van der Waals surface area contributed by atoms with Gasteiger partial charge < -0.3 is 23.6 Å². The molecule has 186 valence electrons. The van der Waals surface area contributed by atoms with Gasteiger partial charge in [-0.15, -0.1) is 0 Å². The number of benzene rings is 3. The molecule has 9 heteroatoms.